The normalized spacial score (nSPS) is 10.0. The van der Waals surface area contributed by atoms with Gasteiger partial charge >= 0.3 is 5.97 Å². The van der Waals surface area contributed by atoms with E-state index in [1.54, 1.807) is 6.20 Å². The molecule has 0 radical (unpaired) electrons. The highest BCUT2D eigenvalue weighted by Gasteiger charge is 2.11. The zero-order valence-corrected chi connectivity index (χ0v) is 7.87. The van der Waals surface area contributed by atoms with Gasteiger partial charge in [0.2, 0.25) is 0 Å². The van der Waals surface area contributed by atoms with E-state index in [0.29, 0.717) is 5.56 Å². The molecule has 0 aliphatic heterocycles. The summed E-state index contributed by atoms with van der Waals surface area (Å²) in [6.45, 7) is 3.93. The van der Waals surface area contributed by atoms with Crippen molar-refractivity contribution in [2.24, 2.45) is 0 Å². The van der Waals surface area contributed by atoms with Gasteiger partial charge in [0, 0.05) is 12.4 Å². The van der Waals surface area contributed by atoms with Gasteiger partial charge in [-0.05, 0) is 24.5 Å². The maximum atomic E-state index is 10.8. The molecule has 0 atom stereocenters. The number of rotatable bonds is 3. The lowest BCUT2D eigenvalue weighted by Gasteiger charge is -2.06. The minimum Gasteiger partial charge on any atom is -0.478 e. The van der Waals surface area contributed by atoms with E-state index in [2.05, 4.69) is 4.98 Å². The lowest BCUT2D eigenvalue weighted by atomic mass is 10.0. The third-order valence-corrected chi connectivity index (χ3v) is 2.00. The Morgan fingerprint density at radius 2 is 2.23 bits per heavy atom. The Hall–Kier alpha value is -1.38. The number of carboxylic acid groups (broad SMARTS) is 1. The highest BCUT2D eigenvalue weighted by Crippen LogP contribution is 2.14. The Morgan fingerprint density at radius 1 is 1.54 bits per heavy atom. The number of hydrogen-bond donors (Lipinski definition) is 1. The number of carboxylic acids is 1. The summed E-state index contributed by atoms with van der Waals surface area (Å²) < 4.78 is 0. The van der Waals surface area contributed by atoms with E-state index in [-0.39, 0.29) is 0 Å². The summed E-state index contributed by atoms with van der Waals surface area (Å²) in [7, 11) is 0. The first-order valence-electron chi connectivity index (χ1n) is 4.33. The summed E-state index contributed by atoms with van der Waals surface area (Å²) in [5.41, 5.74) is 2.20. The van der Waals surface area contributed by atoms with Crippen LogP contribution in [0.3, 0.4) is 0 Å². The molecule has 0 fully saturated rings. The summed E-state index contributed by atoms with van der Waals surface area (Å²) in [4.78, 5) is 14.7. The predicted molar refractivity (Wildman–Crippen MR) is 49.9 cm³/mol. The molecule has 0 unspecified atom stereocenters. The quantitative estimate of drug-likeness (QED) is 0.772. The van der Waals surface area contributed by atoms with Crippen LogP contribution in [0.15, 0.2) is 12.4 Å². The topological polar surface area (TPSA) is 50.2 Å². The first kappa shape index (κ1) is 9.71. The zero-order valence-electron chi connectivity index (χ0n) is 7.87. The molecule has 0 saturated carbocycles. The molecule has 3 heteroatoms. The first-order valence-corrected chi connectivity index (χ1v) is 4.33. The van der Waals surface area contributed by atoms with Crippen LogP contribution in [0.4, 0.5) is 0 Å². The van der Waals surface area contributed by atoms with Crippen LogP contribution in [-0.2, 0) is 6.42 Å². The molecular weight excluding hydrogens is 166 g/mol. The van der Waals surface area contributed by atoms with Crippen molar-refractivity contribution in [1.82, 2.24) is 4.98 Å². The number of pyridine rings is 1. The van der Waals surface area contributed by atoms with Crippen molar-refractivity contribution in [2.75, 3.05) is 0 Å². The van der Waals surface area contributed by atoms with Crippen LogP contribution in [0.25, 0.3) is 0 Å². The van der Waals surface area contributed by atoms with Crippen LogP contribution in [-0.4, -0.2) is 16.1 Å². The van der Waals surface area contributed by atoms with Gasteiger partial charge in [-0.15, -0.1) is 0 Å². The lowest BCUT2D eigenvalue weighted by molar-refractivity contribution is 0.0695. The highest BCUT2D eigenvalue weighted by molar-refractivity contribution is 5.89. The van der Waals surface area contributed by atoms with Crippen LogP contribution in [0.2, 0.25) is 0 Å². The van der Waals surface area contributed by atoms with Crippen molar-refractivity contribution in [2.45, 2.75) is 26.7 Å². The molecule has 1 aromatic heterocycles. The summed E-state index contributed by atoms with van der Waals surface area (Å²) in [6, 6.07) is 0. The molecule has 1 N–H and O–H groups in total. The molecule has 0 amide bonds. The standard InChI is InChI=1S/C10H13NO2/c1-3-4-8-7(2)5-11-6-9(8)10(12)13/h5-6H,3-4H2,1-2H3,(H,12,13). The Morgan fingerprint density at radius 3 is 2.77 bits per heavy atom. The van der Waals surface area contributed by atoms with Crippen molar-refractivity contribution in [3.63, 3.8) is 0 Å². The van der Waals surface area contributed by atoms with Crippen LogP contribution in [0, 0.1) is 6.92 Å². The van der Waals surface area contributed by atoms with Crippen molar-refractivity contribution in [3.05, 3.63) is 29.1 Å². The third-order valence-electron chi connectivity index (χ3n) is 2.00. The number of aromatic carboxylic acids is 1. The molecule has 0 aliphatic rings. The summed E-state index contributed by atoms with van der Waals surface area (Å²) in [5, 5.41) is 8.88. The van der Waals surface area contributed by atoms with Gasteiger partial charge < -0.3 is 5.11 Å². The summed E-state index contributed by atoms with van der Waals surface area (Å²) in [5.74, 6) is -0.889. The van der Waals surface area contributed by atoms with Gasteiger partial charge in [0.05, 0.1) is 5.56 Å². The van der Waals surface area contributed by atoms with E-state index < -0.39 is 5.97 Å². The molecule has 1 aromatic rings. The SMILES string of the molecule is CCCc1c(C)cncc1C(=O)O. The van der Waals surface area contributed by atoms with E-state index in [4.69, 9.17) is 5.11 Å². The number of nitrogens with zero attached hydrogens (tertiary/aromatic N) is 1. The second kappa shape index (κ2) is 4.03. The van der Waals surface area contributed by atoms with Crippen molar-refractivity contribution >= 4 is 5.97 Å². The Labute approximate surface area is 77.4 Å². The number of aromatic nitrogens is 1. The Kier molecular flexibility index (Phi) is 3.01. The van der Waals surface area contributed by atoms with Crippen LogP contribution in [0.1, 0.15) is 34.8 Å². The number of aryl methyl sites for hydroxylation is 1. The van der Waals surface area contributed by atoms with Gasteiger partial charge in [0.25, 0.3) is 0 Å². The van der Waals surface area contributed by atoms with Crippen molar-refractivity contribution in [3.8, 4) is 0 Å². The molecule has 0 aliphatic carbocycles. The second-order valence-corrected chi connectivity index (χ2v) is 3.04. The van der Waals surface area contributed by atoms with Gasteiger partial charge in [-0.2, -0.15) is 0 Å². The highest BCUT2D eigenvalue weighted by atomic mass is 16.4. The fourth-order valence-corrected chi connectivity index (χ4v) is 1.36. The van der Waals surface area contributed by atoms with Crippen LogP contribution >= 0.6 is 0 Å². The summed E-state index contributed by atoms with van der Waals surface area (Å²) in [6.07, 6.45) is 4.87. The maximum Gasteiger partial charge on any atom is 0.337 e. The van der Waals surface area contributed by atoms with E-state index in [0.717, 1.165) is 24.0 Å². The smallest absolute Gasteiger partial charge is 0.337 e. The van der Waals surface area contributed by atoms with Crippen LogP contribution in [0.5, 0.6) is 0 Å². The molecule has 0 saturated heterocycles. The predicted octanol–water partition coefficient (Wildman–Crippen LogP) is 2.04. The Balaban J connectivity index is 3.17. The fraction of sp³-hybridized carbons (Fsp3) is 0.400. The van der Waals surface area contributed by atoms with Gasteiger partial charge in [0.1, 0.15) is 0 Å². The number of carbonyl (C=O) groups is 1. The maximum absolute atomic E-state index is 10.8. The van der Waals surface area contributed by atoms with Gasteiger partial charge in [-0.25, -0.2) is 4.79 Å². The van der Waals surface area contributed by atoms with Crippen molar-refractivity contribution in [1.29, 1.82) is 0 Å². The van der Waals surface area contributed by atoms with Crippen LogP contribution < -0.4 is 0 Å². The van der Waals surface area contributed by atoms with E-state index in [9.17, 15) is 4.79 Å². The zero-order chi connectivity index (χ0) is 9.84. The monoisotopic (exact) mass is 179 g/mol. The minimum atomic E-state index is -0.889. The fourth-order valence-electron chi connectivity index (χ4n) is 1.36. The number of hydrogen-bond acceptors (Lipinski definition) is 2. The average molecular weight is 179 g/mol. The average Bonchev–Trinajstić information content (AvgIpc) is 2.08. The van der Waals surface area contributed by atoms with Gasteiger partial charge in [-0.3, -0.25) is 4.98 Å². The molecule has 1 rings (SSSR count). The molecule has 3 nitrogen and oxygen atoms in total. The molecule has 0 aromatic carbocycles. The first-order chi connectivity index (χ1) is 6.16. The van der Waals surface area contributed by atoms with Gasteiger partial charge in [0.15, 0.2) is 0 Å². The van der Waals surface area contributed by atoms with E-state index in [1.807, 2.05) is 13.8 Å². The molecule has 1 heterocycles. The summed E-state index contributed by atoms with van der Waals surface area (Å²) >= 11 is 0. The Bertz CT molecular complexity index is 321. The molecule has 70 valence electrons. The third kappa shape index (κ3) is 2.05. The van der Waals surface area contributed by atoms with Gasteiger partial charge in [-0.1, -0.05) is 13.3 Å². The molecule has 13 heavy (non-hydrogen) atoms. The van der Waals surface area contributed by atoms with E-state index >= 15 is 0 Å². The molecular formula is C10H13NO2. The van der Waals surface area contributed by atoms with E-state index in [1.165, 1.54) is 6.20 Å². The largest absolute Gasteiger partial charge is 0.478 e. The van der Waals surface area contributed by atoms with Crippen molar-refractivity contribution < 1.29 is 9.90 Å². The molecule has 0 spiro atoms. The lowest BCUT2D eigenvalue weighted by Crippen LogP contribution is -2.05. The minimum absolute atomic E-state index is 0.335. The second-order valence-electron chi connectivity index (χ2n) is 3.04. The molecule has 0 bridgehead atoms.